The van der Waals surface area contributed by atoms with E-state index in [9.17, 15) is 9.90 Å². The Bertz CT molecular complexity index is 379. The van der Waals surface area contributed by atoms with E-state index in [0.717, 1.165) is 12.8 Å². The van der Waals surface area contributed by atoms with E-state index < -0.39 is 16.4 Å². The molecule has 0 spiro atoms. The average molecular weight is 588 g/mol. The van der Waals surface area contributed by atoms with Gasteiger partial charge in [-0.1, -0.05) is 96.8 Å². The number of carbonyl (C=O) groups excluding carboxylic acids is 1. The molecule has 0 unspecified atom stereocenters. The van der Waals surface area contributed by atoms with Crippen LogP contribution < -0.4 is 5.11 Å². The Hall–Kier alpha value is 0.262. The van der Waals surface area contributed by atoms with Crippen molar-refractivity contribution >= 4 is 43.7 Å². The van der Waals surface area contributed by atoms with Crippen LogP contribution in [0.2, 0.25) is 0 Å². The molecule has 26 heavy (non-hydrogen) atoms. The van der Waals surface area contributed by atoms with Gasteiger partial charge in [0.1, 0.15) is 0 Å². The van der Waals surface area contributed by atoms with Crippen LogP contribution in [0.5, 0.6) is 0 Å². The van der Waals surface area contributed by atoms with Crippen molar-refractivity contribution in [2.24, 2.45) is 0 Å². The number of unbranched alkanes of at least 4 members (excludes halogenated alkanes) is 14. The first-order chi connectivity index (χ1) is 11.8. The van der Waals surface area contributed by atoms with Gasteiger partial charge < -0.3 is 19.0 Å². The van der Waals surface area contributed by atoms with E-state index >= 15 is 0 Å². The van der Waals surface area contributed by atoms with Gasteiger partial charge in [0.05, 0.1) is 0 Å². The van der Waals surface area contributed by atoms with E-state index in [-0.39, 0.29) is 33.7 Å². The fourth-order valence-corrected chi connectivity index (χ4v) is 2.64. The van der Waals surface area contributed by atoms with Gasteiger partial charge in [-0.15, -0.1) is 0 Å². The molecule has 0 aliphatic rings. The van der Waals surface area contributed by atoms with Gasteiger partial charge in [0.25, 0.3) is 0 Å². The first-order valence-electron chi connectivity index (χ1n) is 9.64. The fourth-order valence-electron chi connectivity index (χ4n) is 2.64. The number of aliphatic carboxylic acids is 1. The summed E-state index contributed by atoms with van der Waals surface area (Å²) in [5.41, 5.74) is 0. The van der Waals surface area contributed by atoms with Crippen molar-refractivity contribution in [2.75, 3.05) is 0 Å². The SMILES string of the molecule is CCCCCCCCCCCCCCCCCC(=O)[O-].O=S(=O)([O-])[O-].[PbH+3]. The molecular weight excluding hydrogens is 551 g/mol. The minimum absolute atomic E-state index is 0. The summed E-state index contributed by atoms with van der Waals surface area (Å²) < 4.78 is 34.1. The molecule has 0 aromatic heterocycles. The van der Waals surface area contributed by atoms with E-state index in [1.54, 1.807) is 0 Å². The number of carbonyl (C=O) groups is 1. The zero-order chi connectivity index (χ0) is 19.4. The van der Waals surface area contributed by atoms with Crippen molar-refractivity contribution in [3.63, 3.8) is 0 Å². The second kappa shape index (κ2) is 23.3. The van der Waals surface area contributed by atoms with Gasteiger partial charge in [0.2, 0.25) is 0 Å². The van der Waals surface area contributed by atoms with Gasteiger partial charge >= 0.3 is 27.3 Å². The number of hydrogen-bond donors (Lipinski definition) is 0. The monoisotopic (exact) mass is 588 g/mol. The van der Waals surface area contributed by atoms with E-state index in [2.05, 4.69) is 6.92 Å². The van der Waals surface area contributed by atoms with Crippen molar-refractivity contribution in [2.45, 2.75) is 110 Å². The summed E-state index contributed by atoms with van der Waals surface area (Å²) in [5, 5.41) is 10.2. The predicted molar refractivity (Wildman–Crippen MR) is 102 cm³/mol. The average Bonchev–Trinajstić information content (AvgIpc) is 2.49. The van der Waals surface area contributed by atoms with Crippen LogP contribution in [0, 0.1) is 0 Å². The van der Waals surface area contributed by atoms with E-state index in [1.165, 1.54) is 83.5 Å². The number of hydrogen-bond acceptors (Lipinski definition) is 6. The van der Waals surface area contributed by atoms with Crippen LogP contribution in [0.3, 0.4) is 0 Å². The molecule has 0 rings (SSSR count). The third-order valence-electron chi connectivity index (χ3n) is 3.98. The Morgan fingerprint density at radius 2 is 0.885 bits per heavy atom. The molecular formula is C18H36O6PbS. The number of rotatable bonds is 16. The third kappa shape index (κ3) is 44.1. The van der Waals surface area contributed by atoms with Crippen LogP contribution in [0.4, 0.5) is 0 Å². The zero-order valence-corrected chi connectivity index (χ0v) is 21.6. The molecule has 0 atom stereocenters. The van der Waals surface area contributed by atoms with Crippen molar-refractivity contribution in [3.05, 3.63) is 0 Å². The number of carboxylic acid groups (broad SMARTS) is 1. The molecule has 0 aromatic rings. The number of carboxylic acids is 1. The first kappa shape index (κ1) is 31.0. The van der Waals surface area contributed by atoms with E-state index in [0.29, 0.717) is 0 Å². The Kier molecular flexibility index (Phi) is 27.8. The Morgan fingerprint density at radius 3 is 1.12 bits per heavy atom. The minimum atomic E-state index is -5.17. The molecule has 0 N–H and O–H groups in total. The molecule has 0 amide bonds. The fraction of sp³-hybridized carbons (Fsp3) is 0.944. The zero-order valence-electron chi connectivity index (χ0n) is 16.2. The van der Waals surface area contributed by atoms with Crippen LogP contribution in [-0.2, 0) is 15.2 Å². The van der Waals surface area contributed by atoms with Crippen molar-refractivity contribution in [1.29, 1.82) is 0 Å². The molecule has 0 fully saturated rings. The maximum atomic E-state index is 10.2. The van der Waals surface area contributed by atoms with Gasteiger partial charge in [0.15, 0.2) is 0 Å². The maximum absolute atomic E-state index is 10.2. The molecule has 0 radical (unpaired) electrons. The summed E-state index contributed by atoms with van der Waals surface area (Å²) in [6.45, 7) is 2.27. The Morgan fingerprint density at radius 1 is 0.654 bits per heavy atom. The normalized spacial score (nSPS) is 10.6. The van der Waals surface area contributed by atoms with Crippen LogP contribution in [-0.4, -0.2) is 50.8 Å². The second-order valence-electron chi connectivity index (χ2n) is 6.48. The van der Waals surface area contributed by atoms with E-state index in [1.807, 2.05) is 0 Å². The molecule has 0 bridgehead atoms. The molecule has 0 aliphatic heterocycles. The summed E-state index contributed by atoms with van der Waals surface area (Å²) in [6, 6.07) is 0. The van der Waals surface area contributed by atoms with Gasteiger partial charge in [-0.2, -0.15) is 0 Å². The quantitative estimate of drug-likeness (QED) is 0.119. The van der Waals surface area contributed by atoms with Crippen molar-refractivity contribution in [3.8, 4) is 0 Å². The molecule has 0 aromatic carbocycles. The summed E-state index contributed by atoms with van der Waals surface area (Å²) >= 11 is 0. The standard InChI is InChI=1S/C18H36O2.H2O4S.Pb.H/c1-2-3-4-5-6-7-8-9-10-11-12-13-14-15-16-17-18(19)20;1-5(2,3)4;;/h2-17H2,1H3,(H,19,20);(H2,1,2,3,4);;/q;;+3;/p-3. The summed E-state index contributed by atoms with van der Waals surface area (Å²) in [6.07, 6.45) is 19.9. The Balaban J connectivity index is -0.000000772. The van der Waals surface area contributed by atoms with Gasteiger partial charge in [-0.25, -0.2) is 0 Å². The molecule has 0 saturated heterocycles. The molecule has 0 saturated carbocycles. The predicted octanol–water partition coefficient (Wildman–Crippen LogP) is 3.01. The summed E-state index contributed by atoms with van der Waals surface area (Å²) in [7, 11) is -5.17. The summed E-state index contributed by atoms with van der Waals surface area (Å²) in [4.78, 5) is 10.2. The second-order valence-corrected chi connectivity index (χ2v) is 7.30. The molecule has 154 valence electrons. The molecule has 8 heteroatoms. The summed E-state index contributed by atoms with van der Waals surface area (Å²) in [5.74, 6) is -0.903. The van der Waals surface area contributed by atoms with E-state index in [4.69, 9.17) is 17.5 Å². The van der Waals surface area contributed by atoms with Gasteiger partial charge in [-0.05, 0) is 12.8 Å². The third-order valence-corrected chi connectivity index (χ3v) is 3.98. The van der Waals surface area contributed by atoms with Crippen LogP contribution in [0.15, 0.2) is 0 Å². The molecule has 0 aliphatic carbocycles. The Labute approximate surface area is 180 Å². The molecule has 0 heterocycles. The van der Waals surface area contributed by atoms with Crippen molar-refractivity contribution < 1.29 is 27.4 Å². The van der Waals surface area contributed by atoms with Gasteiger partial charge in [-0.3, -0.25) is 8.42 Å². The van der Waals surface area contributed by atoms with Gasteiger partial charge in [0, 0.05) is 16.4 Å². The van der Waals surface area contributed by atoms with Crippen molar-refractivity contribution in [1.82, 2.24) is 0 Å². The molecule has 6 nitrogen and oxygen atoms in total. The first-order valence-corrected chi connectivity index (χ1v) is 11.0. The topological polar surface area (TPSA) is 120 Å². The van der Waals surface area contributed by atoms with Crippen LogP contribution >= 0.6 is 0 Å². The van der Waals surface area contributed by atoms with Crippen LogP contribution in [0.1, 0.15) is 110 Å². The van der Waals surface area contributed by atoms with Crippen LogP contribution in [0.25, 0.3) is 0 Å².